The molecule has 0 fully saturated rings. The number of hydrogen-bond acceptors (Lipinski definition) is 2. The number of carboxylic acids is 1. The second kappa shape index (κ2) is 7.04. The van der Waals surface area contributed by atoms with Crippen LogP contribution in [-0.4, -0.2) is 22.4 Å². The van der Waals surface area contributed by atoms with Gasteiger partial charge in [0.15, 0.2) is 0 Å². The predicted octanol–water partition coefficient (Wildman–Crippen LogP) is 2.92. The largest absolute Gasteiger partial charge is 0.480 e. The molecule has 0 heterocycles. The first-order valence-corrected chi connectivity index (χ1v) is 8.69. The highest BCUT2D eigenvalue weighted by molar-refractivity contribution is 7.74. The van der Waals surface area contributed by atoms with Gasteiger partial charge >= 0.3 is 5.97 Å². The SMILES string of the molecule is CC(C)(C)NC(C(=O)O)P(c1ccccc1)c1ccccc1. The first kappa shape index (κ1) is 16.7. The van der Waals surface area contributed by atoms with Crippen LogP contribution in [0.25, 0.3) is 0 Å². The molecule has 3 nitrogen and oxygen atoms in total. The Morgan fingerprint density at radius 2 is 1.36 bits per heavy atom. The van der Waals surface area contributed by atoms with Crippen LogP contribution >= 0.6 is 7.92 Å². The zero-order valence-electron chi connectivity index (χ0n) is 13.2. The van der Waals surface area contributed by atoms with Gasteiger partial charge in [0.25, 0.3) is 0 Å². The summed E-state index contributed by atoms with van der Waals surface area (Å²) >= 11 is 0. The van der Waals surface area contributed by atoms with E-state index in [0.29, 0.717) is 0 Å². The number of rotatable bonds is 5. The topological polar surface area (TPSA) is 49.3 Å². The van der Waals surface area contributed by atoms with Gasteiger partial charge in [-0.2, -0.15) is 0 Å². The van der Waals surface area contributed by atoms with Crippen molar-refractivity contribution >= 4 is 24.5 Å². The summed E-state index contributed by atoms with van der Waals surface area (Å²) in [6.45, 7) is 5.98. The van der Waals surface area contributed by atoms with Gasteiger partial charge in [-0.05, 0) is 39.3 Å². The lowest BCUT2D eigenvalue weighted by Crippen LogP contribution is -2.49. The summed E-state index contributed by atoms with van der Waals surface area (Å²) in [5.74, 6) is -1.44. The van der Waals surface area contributed by atoms with E-state index in [9.17, 15) is 9.90 Å². The molecule has 0 aliphatic rings. The molecule has 0 saturated heterocycles. The average Bonchev–Trinajstić information content (AvgIpc) is 2.47. The second-order valence-corrected chi connectivity index (χ2v) is 8.47. The molecule has 116 valence electrons. The summed E-state index contributed by atoms with van der Waals surface area (Å²) in [6, 6.07) is 19.8. The predicted molar refractivity (Wildman–Crippen MR) is 93.4 cm³/mol. The van der Waals surface area contributed by atoms with Crippen LogP contribution in [0.2, 0.25) is 0 Å². The van der Waals surface area contributed by atoms with E-state index in [1.165, 1.54) is 0 Å². The van der Waals surface area contributed by atoms with E-state index in [2.05, 4.69) is 5.32 Å². The van der Waals surface area contributed by atoms with Crippen molar-refractivity contribution in [1.29, 1.82) is 0 Å². The Hall–Kier alpha value is -1.70. The minimum absolute atomic E-state index is 0.271. The number of carboxylic acid groups (broad SMARTS) is 1. The molecule has 22 heavy (non-hydrogen) atoms. The molecular weight excluding hydrogens is 293 g/mol. The number of hydrogen-bond donors (Lipinski definition) is 2. The van der Waals surface area contributed by atoms with Crippen LogP contribution < -0.4 is 15.9 Å². The minimum atomic E-state index is -1.03. The maximum Gasteiger partial charge on any atom is 0.325 e. The molecule has 1 unspecified atom stereocenters. The van der Waals surface area contributed by atoms with Crippen molar-refractivity contribution in [2.75, 3.05) is 0 Å². The molecule has 0 bridgehead atoms. The highest BCUT2D eigenvalue weighted by Gasteiger charge is 2.33. The van der Waals surface area contributed by atoms with Crippen LogP contribution in [0.4, 0.5) is 0 Å². The van der Waals surface area contributed by atoms with Crippen LogP contribution in [0.3, 0.4) is 0 Å². The van der Waals surface area contributed by atoms with Crippen molar-refractivity contribution in [2.45, 2.75) is 32.1 Å². The van der Waals surface area contributed by atoms with Gasteiger partial charge in [-0.1, -0.05) is 60.7 Å². The molecule has 0 amide bonds. The normalized spacial score (nSPS) is 13.1. The lowest BCUT2D eigenvalue weighted by Gasteiger charge is -2.32. The third-order valence-electron chi connectivity index (χ3n) is 3.13. The van der Waals surface area contributed by atoms with E-state index in [4.69, 9.17) is 0 Å². The molecule has 2 aromatic carbocycles. The number of aliphatic carboxylic acids is 1. The molecule has 2 aromatic rings. The number of benzene rings is 2. The maximum absolute atomic E-state index is 11.9. The van der Waals surface area contributed by atoms with Crippen molar-refractivity contribution in [3.05, 3.63) is 60.7 Å². The summed E-state index contributed by atoms with van der Waals surface area (Å²) in [5, 5.41) is 15.2. The van der Waals surface area contributed by atoms with E-state index in [-0.39, 0.29) is 5.54 Å². The highest BCUT2D eigenvalue weighted by Crippen LogP contribution is 2.39. The monoisotopic (exact) mass is 315 g/mol. The van der Waals surface area contributed by atoms with Gasteiger partial charge < -0.3 is 5.11 Å². The van der Waals surface area contributed by atoms with Gasteiger partial charge in [0, 0.05) is 5.54 Å². The molecule has 0 aromatic heterocycles. The molecule has 2 rings (SSSR count). The fourth-order valence-electron chi connectivity index (χ4n) is 2.27. The Bertz CT molecular complexity index is 568. The van der Waals surface area contributed by atoms with Crippen LogP contribution in [-0.2, 0) is 4.79 Å². The van der Waals surface area contributed by atoms with E-state index in [1.54, 1.807) is 0 Å². The minimum Gasteiger partial charge on any atom is -0.480 e. The Morgan fingerprint density at radius 1 is 0.955 bits per heavy atom. The summed E-state index contributed by atoms with van der Waals surface area (Å²) in [6.07, 6.45) is 0. The van der Waals surface area contributed by atoms with E-state index in [0.717, 1.165) is 10.6 Å². The molecule has 0 spiro atoms. The quantitative estimate of drug-likeness (QED) is 0.834. The van der Waals surface area contributed by atoms with Crippen LogP contribution in [0.1, 0.15) is 20.8 Å². The molecule has 4 heteroatoms. The van der Waals surface area contributed by atoms with Crippen LogP contribution in [0.15, 0.2) is 60.7 Å². The number of carbonyl (C=O) groups is 1. The van der Waals surface area contributed by atoms with Crippen molar-refractivity contribution in [3.63, 3.8) is 0 Å². The van der Waals surface area contributed by atoms with Gasteiger partial charge in [0.1, 0.15) is 5.78 Å². The molecular formula is C18H22NO2P. The Kier molecular flexibility index (Phi) is 5.33. The second-order valence-electron chi connectivity index (χ2n) is 6.18. The van der Waals surface area contributed by atoms with E-state index >= 15 is 0 Å². The number of nitrogens with one attached hydrogen (secondary N) is 1. The average molecular weight is 315 g/mol. The van der Waals surface area contributed by atoms with Crippen molar-refractivity contribution < 1.29 is 9.90 Å². The molecule has 0 saturated carbocycles. The highest BCUT2D eigenvalue weighted by atomic mass is 31.1. The van der Waals surface area contributed by atoms with E-state index in [1.807, 2.05) is 81.4 Å². The smallest absolute Gasteiger partial charge is 0.325 e. The molecule has 0 radical (unpaired) electrons. The lowest BCUT2D eigenvalue weighted by molar-refractivity contribution is -0.137. The van der Waals surface area contributed by atoms with Crippen molar-refractivity contribution in [3.8, 4) is 0 Å². The van der Waals surface area contributed by atoms with E-state index < -0.39 is 19.7 Å². The Morgan fingerprint density at radius 3 is 1.68 bits per heavy atom. The summed E-state index contributed by atoms with van der Waals surface area (Å²) < 4.78 is 0. The Labute approximate surface area is 133 Å². The fraction of sp³-hybridized carbons (Fsp3) is 0.278. The zero-order valence-corrected chi connectivity index (χ0v) is 14.0. The summed E-state index contributed by atoms with van der Waals surface area (Å²) in [5.41, 5.74) is -0.271. The standard InChI is InChI=1S/C18H22NO2P/c1-18(2,3)19-16(17(20)21)22(14-10-6-4-7-11-14)15-12-8-5-9-13-15/h4-13,16,19H,1-3H3,(H,20,21). The van der Waals surface area contributed by atoms with Gasteiger partial charge in [-0.3, -0.25) is 10.1 Å². The zero-order chi connectivity index (χ0) is 16.2. The third kappa shape index (κ3) is 4.40. The first-order valence-electron chi connectivity index (χ1n) is 7.28. The first-order chi connectivity index (χ1) is 10.4. The fourth-order valence-corrected chi connectivity index (χ4v) is 4.89. The van der Waals surface area contributed by atoms with Gasteiger partial charge in [-0.15, -0.1) is 0 Å². The van der Waals surface area contributed by atoms with Gasteiger partial charge in [0.05, 0.1) is 0 Å². The maximum atomic E-state index is 11.9. The van der Waals surface area contributed by atoms with Crippen LogP contribution in [0, 0.1) is 0 Å². The summed E-state index contributed by atoms with van der Waals surface area (Å²) in [7, 11) is -1.03. The summed E-state index contributed by atoms with van der Waals surface area (Å²) in [4.78, 5) is 11.9. The molecule has 0 aliphatic heterocycles. The lowest BCUT2D eigenvalue weighted by atomic mass is 10.1. The molecule has 1 atom stereocenters. The van der Waals surface area contributed by atoms with Crippen molar-refractivity contribution in [1.82, 2.24) is 5.32 Å². The Balaban J connectivity index is 2.49. The van der Waals surface area contributed by atoms with Crippen molar-refractivity contribution in [2.24, 2.45) is 0 Å². The van der Waals surface area contributed by atoms with Gasteiger partial charge in [0.2, 0.25) is 0 Å². The molecule has 2 N–H and O–H groups in total. The van der Waals surface area contributed by atoms with Crippen LogP contribution in [0.5, 0.6) is 0 Å². The third-order valence-corrected chi connectivity index (χ3v) is 5.71. The van der Waals surface area contributed by atoms with Gasteiger partial charge in [-0.25, -0.2) is 0 Å². The molecule has 0 aliphatic carbocycles.